The third-order valence-electron chi connectivity index (χ3n) is 2.40. The summed E-state index contributed by atoms with van der Waals surface area (Å²) >= 11 is 2.27. The van der Waals surface area contributed by atoms with Gasteiger partial charge in [0.1, 0.15) is 6.33 Å². The fourth-order valence-corrected chi connectivity index (χ4v) is 2.12. The molecule has 94 valence electrons. The summed E-state index contributed by atoms with van der Waals surface area (Å²) < 4.78 is 2.76. The number of rotatable bonds is 3. The molecule has 0 amide bonds. The van der Waals surface area contributed by atoms with Crippen LogP contribution in [-0.4, -0.2) is 26.0 Å². The molecule has 0 aliphatic rings. The average molecular weight is 364 g/mol. The van der Waals surface area contributed by atoms with E-state index in [1.807, 2.05) is 30.3 Å². The molecule has 0 fully saturated rings. The molecule has 0 atom stereocenters. The fraction of sp³-hybridized carbons (Fsp3) is 0. The summed E-state index contributed by atoms with van der Waals surface area (Å²) in [5, 5.41) is 16.0. The minimum Gasteiger partial charge on any atom is -0.260 e. The predicted molar refractivity (Wildman–Crippen MR) is 81.2 cm³/mol. The van der Waals surface area contributed by atoms with Gasteiger partial charge in [0.15, 0.2) is 11.5 Å². The summed E-state index contributed by atoms with van der Waals surface area (Å²) in [7, 11) is 0. The molecule has 1 N–H and O–H groups in total. The molecule has 19 heavy (non-hydrogen) atoms. The number of aromatic nitrogens is 4. The molecule has 7 heteroatoms. The van der Waals surface area contributed by atoms with Gasteiger partial charge in [-0.15, -0.1) is 15.3 Å². The van der Waals surface area contributed by atoms with Crippen LogP contribution in [0.1, 0.15) is 5.56 Å². The highest BCUT2D eigenvalue weighted by molar-refractivity contribution is 14.1. The van der Waals surface area contributed by atoms with E-state index < -0.39 is 0 Å². The first-order valence-corrected chi connectivity index (χ1v) is 6.61. The number of hydrogen-bond donors (Lipinski definition) is 1. The molecular formula is C12H9IN6. The second-order valence-corrected chi connectivity index (χ2v) is 5.02. The van der Waals surface area contributed by atoms with E-state index >= 15 is 0 Å². The van der Waals surface area contributed by atoms with Crippen LogP contribution in [0.15, 0.2) is 47.8 Å². The van der Waals surface area contributed by atoms with Crippen LogP contribution in [0, 0.1) is 3.57 Å². The Labute approximate surface area is 122 Å². The van der Waals surface area contributed by atoms with Gasteiger partial charge in [-0.3, -0.25) is 5.43 Å². The zero-order valence-electron chi connectivity index (χ0n) is 9.73. The minimum atomic E-state index is 0.633. The lowest BCUT2D eigenvalue weighted by molar-refractivity contribution is 0.925. The van der Waals surface area contributed by atoms with Crippen molar-refractivity contribution in [1.82, 2.24) is 19.8 Å². The molecule has 0 saturated heterocycles. The van der Waals surface area contributed by atoms with Crippen molar-refractivity contribution in [2.24, 2.45) is 5.10 Å². The van der Waals surface area contributed by atoms with Crippen LogP contribution in [-0.2, 0) is 0 Å². The van der Waals surface area contributed by atoms with Crippen LogP contribution < -0.4 is 5.43 Å². The van der Waals surface area contributed by atoms with Crippen molar-refractivity contribution < 1.29 is 0 Å². The maximum atomic E-state index is 4.25. The number of nitrogens with zero attached hydrogens (tertiary/aromatic N) is 5. The molecule has 0 saturated carbocycles. The first-order chi connectivity index (χ1) is 9.31. The normalized spacial score (nSPS) is 11.2. The fourth-order valence-electron chi connectivity index (χ4n) is 1.55. The van der Waals surface area contributed by atoms with E-state index in [-0.39, 0.29) is 0 Å². The predicted octanol–water partition coefficient (Wildman–Crippen LogP) is 2.17. The Morgan fingerprint density at radius 3 is 3.11 bits per heavy atom. The van der Waals surface area contributed by atoms with Crippen molar-refractivity contribution >= 4 is 40.3 Å². The van der Waals surface area contributed by atoms with Gasteiger partial charge in [-0.2, -0.15) is 9.62 Å². The second kappa shape index (κ2) is 5.31. The van der Waals surface area contributed by atoms with Gasteiger partial charge in [-0.1, -0.05) is 12.1 Å². The molecule has 0 spiro atoms. The summed E-state index contributed by atoms with van der Waals surface area (Å²) in [5.41, 5.74) is 4.61. The topological polar surface area (TPSA) is 67.5 Å². The third-order valence-corrected chi connectivity index (χ3v) is 3.07. The number of benzene rings is 1. The highest BCUT2D eigenvalue weighted by Crippen LogP contribution is 2.07. The van der Waals surface area contributed by atoms with Crippen molar-refractivity contribution in [2.75, 3.05) is 5.43 Å². The number of anilines is 1. The van der Waals surface area contributed by atoms with Gasteiger partial charge < -0.3 is 0 Å². The van der Waals surface area contributed by atoms with Gasteiger partial charge in [0.2, 0.25) is 0 Å². The molecule has 0 unspecified atom stereocenters. The highest BCUT2D eigenvalue weighted by atomic mass is 127. The lowest BCUT2D eigenvalue weighted by Crippen LogP contribution is -1.98. The van der Waals surface area contributed by atoms with Crippen LogP contribution in [0.25, 0.3) is 5.65 Å². The molecule has 6 nitrogen and oxygen atoms in total. The Morgan fingerprint density at radius 1 is 1.26 bits per heavy atom. The molecular weight excluding hydrogens is 355 g/mol. The lowest BCUT2D eigenvalue weighted by atomic mass is 10.2. The average Bonchev–Trinajstić information content (AvgIpc) is 2.86. The number of fused-ring (bicyclic) bond motifs is 1. The molecule has 1 aromatic carbocycles. The molecule has 3 aromatic rings. The molecule has 0 bridgehead atoms. The Bertz CT molecular complexity index is 736. The van der Waals surface area contributed by atoms with E-state index in [9.17, 15) is 0 Å². The zero-order valence-corrected chi connectivity index (χ0v) is 11.9. The highest BCUT2D eigenvalue weighted by Gasteiger charge is 1.97. The van der Waals surface area contributed by atoms with E-state index in [2.05, 4.69) is 48.4 Å². The largest absolute Gasteiger partial charge is 0.260 e. The maximum absolute atomic E-state index is 4.25. The maximum Gasteiger partial charge on any atom is 0.177 e. The summed E-state index contributed by atoms with van der Waals surface area (Å²) in [4.78, 5) is 0. The first kappa shape index (κ1) is 12.0. The molecule has 2 heterocycles. The van der Waals surface area contributed by atoms with Crippen LogP contribution in [0.4, 0.5) is 5.82 Å². The van der Waals surface area contributed by atoms with Crippen molar-refractivity contribution in [3.05, 3.63) is 51.9 Å². The number of hydrazone groups is 1. The van der Waals surface area contributed by atoms with E-state index in [1.54, 1.807) is 23.1 Å². The quantitative estimate of drug-likeness (QED) is 0.440. The zero-order chi connectivity index (χ0) is 13.1. The summed E-state index contributed by atoms with van der Waals surface area (Å²) in [5.74, 6) is 0.633. The Balaban J connectivity index is 1.74. The van der Waals surface area contributed by atoms with E-state index in [0.717, 1.165) is 5.56 Å². The number of halogens is 1. The van der Waals surface area contributed by atoms with Crippen molar-refractivity contribution in [1.29, 1.82) is 0 Å². The van der Waals surface area contributed by atoms with E-state index in [0.29, 0.717) is 11.5 Å². The SMILES string of the molecule is Ic1cccc(/C=N/Nc2ccc3nncn3n2)c1. The van der Waals surface area contributed by atoms with E-state index in [4.69, 9.17) is 0 Å². The molecule has 0 aliphatic heterocycles. The summed E-state index contributed by atoms with van der Waals surface area (Å²) in [6, 6.07) is 11.7. The Hall–Kier alpha value is -2.03. The van der Waals surface area contributed by atoms with Gasteiger partial charge in [0.05, 0.1) is 6.21 Å². The number of nitrogens with one attached hydrogen (secondary N) is 1. The standard InChI is InChI=1S/C12H9IN6/c13-10-3-1-2-9(6-10)7-14-16-11-4-5-12-17-15-8-19(12)18-11/h1-8H,(H,16,18)/b14-7+. The summed E-state index contributed by atoms with van der Waals surface area (Å²) in [6.45, 7) is 0. The van der Waals surface area contributed by atoms with Crippen LogP contribution in [0.2, 0.25) is 0 Å². The van der Waals surface area contributed by atoms with Gasteiger partial charge in [-0.25, -0.2) is 0 Å². The van der Waals surface area contributed by atoms with Crippen LogP contribution >= 0.6 is 22.6 Å². The van der Waals surface area contributed by atoms with Crippen LogP contribution in [0.5, 0.6) is 0 Å². The smallest absolute Gasteiger partial charge is 0.177 e. The molecule has 0 aliphatic carbocycles. The van der Waals surface area contributed by atoms with Gasteiger partial charge >= 0.3 is 0 Å². The molecule has 0 radical (unpaired) electrons. The Morgan fingerprint density at radius 2 is 2.21 bits per heavy atom. The Kier molecular flexibility index (Phi) is 3.36. The second-order valence-electron chi connectivity index (χ2n) is 3.78. The monoisotopic (exact) mass is 364 g/mol. The molecule has 2 aromatic heterocycles. The first-order valence-electron chi connectivity index (χ1n) is 5.53. The number of hydrogen-bond acceptors (Lipinski definition) is 5. The lowest BCUT2D eigenvalue weighted by Gasteiger charge is -1.99. The van der Waals surface area contributed by atoms with Crippen molar-refractivity contribution in [3.8, 4) is 0 Å². The third kappa shape index (κ3) is 2.87. The van der Waals surface area contributed by atoms with Crippen LogP contribution in [0.3, 0.4) is 0 Å². The van der Waals surface area contributed by atoms with Crippen molar-refractivity contribution in [3.63, 3.8) is 0 Å². The van der Waals surface area contributed by atoms with Gasteiger partial charge in [0, 0.05) is 3.57 Å². The van der Waals surface area contributed by atoms with Crippen molar-refractivity contribution in [2.45, 2.75) is 0 Å². The van der Waals surface area contributed by atoms with Gasteiger partial charge in [0.25, 0.3) is 0 Å². The van der Waals surface area contributed by atoms with Gasteiger partial charge in [-0.05, 0) is 52.4 Å². The minimum absolute atomic E-state index is 0.633. The summed E-state index contributed by atoms with van der Waals surface area (Å²) in [6.07, 6.45) is 3.30. The van der Waals surface area contributed by atoms with E-state index in [1.165, 1.54) is 3.57 Å². The molecule has 3 rings (SSSR count).